The fourth-order valence-electron chi connectivity index (χ4n) is 3.95. The number of carbonyl (C=O) groups is 1. The van der Waals surface area contributed by atoms with E-state index < -0.39 is 0 Å². The van der Waals surface area contributed by atoms with Gasteiger partial charge in [-0.25, -0.2) is 0 Å². The molecule has 4 aliphatic rings. The second kappa shape index (κ2) is 3.14. The third-order valence-electron chi connectivity index (χ3n) is 4.82. The predicted molar refractivity (Wildman–Crippen MR) is 70.3 cm³/mol. The molecule has 0 aromatic rings. The molecule has 3 unspecified atom stereocenters. The van der Waals surface area contributed by atoms with Crippen molar-refractivity contribution >= 4 is 5.91 Å². The van der Waals surface area contributed by atoms with Crippen molar-refractivity contribution < 1.29 is 4.79 Å². The van der Waals surface area contributed by atoms with Gasteiger partial charge in [-0.15, -0.1) is 0 Å². The smallest absolute Gasteiger partial charge is 0.234 e. The predicted octanol–water partition coefficient (Wildman–Crippen LogP) is 2.44. The molecular formula is C16H15NO. The van der Waals surface area contributed by atoms with E-state index in [0.29, 0.717) is 11.8 Å². The molecule has 1 saturated carbocycles. The Kier molecular flexibility index (Phi) is 1.76. The quantitative estimate of drug-likeness (QED) is 0.633. The average molecular weight is 237 g/mol. The van der Waals surface area contributed by atoms with E-state index in [-0.39, 0.29) is 17.2 Å². The highest BCUT2D eigenvalue weighted by Gasteiger charge is 2.75. The Hall–Kier alpha value is -1.83. The maximum absolute atomic E-state index is 12.7. The molecule has 2 heteroatoms. The van der Waals surface area contributed by atoms with Crippen LogP contribution in [0, 0.1) is 23.2 Å². The first-order valence-electron chi connectivity index (χ1n) is 6.46. The van der Waals surface area contributed by atoms with Crippen molar-refractivity contribution in [2.45, 2.75) is 0 Å². The van der Waals surface area contributed by atoms with Gasteiger partial charge in [-0.1, -0.05) is 48.6 Å². The van der Waals surface area contributed by atoms with Crippen LogP contribution in [-0.4, -0.2) is 17.9 Å². The Balaban J connectivity index is 1.88. The van der Waals surface area contributed by atoms with Gasteiger partial charge in [-0.3, -0.25) is 4.79 Å². The third-order valence-corrected chi connectivity index (χ3v) is 4.82. The zero-order chi connectivity index (χ0) is 12.3. The van der Waals surface area contributed by atoms with Crippen molar-refractivity contribution in [3.05, 3.63) is 60.4 Å². The Morgan fingerprint density at radius 3 is 2.39 bits per heavy atom. The number of fused-ring (bicyclic) bond motifs is 5. The Morgan fingerprint density at radius 1 is 1.00 bits per heavy atom. The number of allylic oxidation sites excluding steroid dienone is 9. The molecule has 0 aromatic heterocycles. The first-order valence-corrected chi connectivity index (χ1v) is 6.46. The molecule has 1 heterocycles. The number of amides is 1. The van der Waals surface area contributed by atoms with Crippen LogP contribution < -0.4 is 0 Å². The van der Waals surface area contributed by atoms with Crippen LogP contribution in [0.2, 0.25) is 0 Å². The minimum absolute atomic E-state index is 0.229. The molecule has 1 spiro atoms. The van der Waals surface area contributed by atoms with Gasteiger partial charge in [-0.2, -0.15) is 0 Å². The highest BCUT2D eigenvalue weighted by molar-refractivity contribution is 5.94. The van der Waals surface area contributed by atoms with Crippen LogP contribution in [0.25, 0.3) is 0 Å². The van der Waals surface area contributed by atoms with Crippen LogP contribution in [0.3, 0.4) is 0 Å². The van der Waals surface area contributed by atoms with Crippen molar-refractivity contribution in [2.75, 3.05) is 7.05 Å². The summed E-state index contributed by atoms with van der Waals surface area (Å²) in [6.07, 6.45) is 18.9. The number of carbonyl (C=O) groups excluding carboxylic acids is 1. The molecule has 4 rings (SSSR count). The lowest BCUT2D eigenvalue weighted by Gasteiger charge is -2.13. The standard InChI is InChI=1S/C16H15NO/c1-17-14-10-4-2-3-9-13(14)16(15(17)18)11-7-5-6-8-12(11)16/h2-13H,1H3. The monoisotopic (exact) mass is 237 g/mol. The van der Waals surface area contributed by atoms with Gasteiger partial charge in [0, 0.05) is 30.5 Å². The van der Waals surface area contributed by atoms with Crippen LogP contribution in [0.5, 0.6) is 0 Å². The number of rotatable bonds is 0. The molecule has 3 atom stereocenters. The molecule has 1 aliphatic heterocycles. The highest BCUT2D eigenvalue weighted by Crippen LogP contribution is 2.71. The second-order valence-electron chi connectivity index (χ2n) is 5.46. The van der Waals surface area contributed by atoms with Gasteiger partial charge >= 0.3 is 0 Å². The van der Waals surface area contributed by atoms with Crippen LogP contribution in [0.1, 0.15) is 0 Å². The topological polar surface area (TPSA) is 20.3 Å². The number of likely N-dealkylation sites (tertiary alicyclic amines) is 1. The number of nitrogens with zero attached hydrogens (tertiary/aromatic N) is 1. The van der Waals surface area contributed by atoms with E-state index in [4.69, 9.17) is 0 Å². The zero-order valence-corrected chi connectivity index (χ0v) is 10.3. The molecular weight excluding hydrogens is 222 g/mol. The normalized spacial score (nSPS) is 42.9. The maximum atomic E-state index is 12.7. The summed E-state index contributed by atoms with van der Waals surface area (Å²) in [5.74, 6) is 1.28. The molecule has 1 amide bonds. The molecule has 0 bridgehead atoms. The van der Waals surface area contributed by atoms with Crippen LogP contribution in [0.15, 0.2) is 60.4 Å². The SMILES string of the molecule is CN1C(=O)C2(C3C=CC=CC=C31)C1C=CC=CC12. The van der Waals surface area contributed by atoms with Gasteiger partial charge in [-0.05, 0) is 6.08 Å². The Morgan fingerprint density at radius 2 is 1.67 bits per heavy atom. The average Bonchev–Trinajstić information content (AvgIpc) is 3.07. The van der Waals surface area contributed by atoms with Gasteiger partial charge in [0.1, 0.15) is 0 Å². The van der Waals surface area contributed by atoms with Gasteiger partial charge < -0.3 is 4.90 Å². The van der Waals surface area contributed by atoms with Gasteiger partial charge in [0.15, 0.2) is 0 Å². The van der Waals surface area contributed by atoms with Crippen molar-refractivity contribution in [1.82, 2.24) is 4.90 Å². The second-order valence-corrected chi connectivity index (χ2v) is 5.46. The molecule has 90 valence electrons. The minimum atomic E-state index is -0.230. The van der Waals surface area contributed by atoms with Crippen LogP contribution >= 0.6 is 0 Å². The van der Waals surface area contributed by atoms with Crippen LogP contribution in [-0.2, 0) is 4.79 Å². The molecule has 0 aromatic carbocycles. The van der Waals surface area contributed by atoms with E-state index in [9.17, 15) is 4.79 Å². The van der Waals surface area contributed by atoms with E-state index in [1.807, 2.05) is 24.1 Å². The number of hydrogen-bond acceptors (Lipinski definition) is 1. The lowest BCUT2D eigenvalue weighted by molar-refractivity contribution is -0.131. The molecule has 2 nitrogen and oxygen atoms in total. The zero-order valence-electron chi connectivity index (χ0n) is 10.3. The molecule has 0 radical (unpaired) electrons. The van der Waals surface area contributed by atoms with Crippen molar-refractivity contribution in [1.29, 1.82) is 0 Å². The fourth-order valence-corrected chi connectivity index (χ4v) is 3.95. The van der Waals surface area contributed by atoms with E-state index >= 15 is 0 Å². The minimum Gasteiger partial charge on any atom is -0.318 e. The summed E-state index contributed by atoms with van der Waals surface area (Å²) < 4.78 is 0. The first-order chi connectivity index (χ1) is 8.78. The summed E-state index contributed by atoms with van der Waals surface area (Å²) in [5, 5.41) is 0. The van der Waals surface area contributed by atoms with Gasteiger partial charge in [0.05, 0.1) is 5.41 Å². The van der Waals surface area contributed by atoms with Crippen molar-refractivity contribution in [2.24, 2.45) is 23.2 Å². The van der Waals surface area contributed by atoms with Gasteiger partial charge in [0.2, 0.25) is 5.91 Å². The molecule has 2 fully saturated rings. The summed E-state index contributed by atoms with van der Waals surface area (Å²) >= 11 is 0. The lowest BCUT2D eigenvalue weighted by Crippen LogP contribution is -2.25. The summed E-state index contributed by atoms with van der Waals surface area (Å²) in [5.41, 5.74) is 0.910. The summed E-state index contributed by atoms with van der Waals surface area (Å²) in [6, 6.07) is 0. The van der Waals surface area contributed by atoms with E-state index in [1.165, 1.54) is 0 Å². The van der Waals surface area contributed by atoms with Crippen molar-refractivity contribution in [3.8, 4) is 0 Å². The summed E-state index contributed by atoms with van der Waals surface area (Å²) in [4.78, 5) is 14.5. The van der Waals surface area contributed by atoms with Crippen molar-refractivity contribution in [3.63, 3.8) is 0 Å². The molecule has 18 heavy (non-hydrogen) atoms. The Bertz CT molecular complexity index is 558. The molecule has 1 saturated heterocycles. The van der Waals surface area contributed by atoms with E-state index in [0.717, 1.165) is 5.70 Å². The Labute approximate surface area is 107 Å². The van der Waals surface area contributed by atoms with Crippen LogP contribution in [0.4, 0.5) is 0 Å². The van der Waals surface area contributed by atoms with Gasteiger partial charge in [0.25, 0.3) is 0 Å². The fraction of sp³-hybridized carbons (Fsp3) is 0.312. The summed E-state index contributed by atoms with van der Waals surface area (Å²) in [7, 11) is 1.90. The lowest BCUT2D eigenvalue weighted by atomic mass is 9.86. The molecule has 3 aliphatic carbocycles. The van der Waals surface area contributed by atoms with E-state index in [1.54, 1.807) is 0 Å². The third kappa shape index (κ3) is 0.939. The number of hydrogen-bond donors (Lipinski definition) is 0. The maximum Gasteiger partial charge on any atom is 0.234 e. The summed E-state index contributed by atoms with van der Waals surface area (Å²) in [6.45, 7) is 0. The molecule has 0 N–H and O–H groups in total. The van der Waals surface area contributed by atoms with E-state index in [2.05, 4.69) is 42.5 Å². The first kappa shape index (κ1) is 10.1. The largest absolute Gasteiger partial charge is 0.318 e. The highest BCUT2D eigenvalue weighted by atomic mass is 16.2.